The molecule has 1 aromatic carbocycles. The number of sulfonamides is 1. The van der Waals surface area contributed by atoms with Crippen molar-refractivity contribution in [1.29, 1.82) is 0 Å². The summed E-state index contributed by atoms with van der Waals surface area (Å²) in [6.07, 6.45) is 1.17. The number of ether oxygens (including phenoxy) is 1. The quantitative estimate of drug-likeness (QED) is 0.396. The lowest BCUT2D eigenvalue weighted by Crippen LogP contribution is -2.11. The number of tetrazole rings is 1. The Bertz CT molecular complexity index is 907. The third kappa shape index (κ3) is 4.54. The van der Waals surface area contributed by atoms with Crippen molar-refractivity contribution in [2.75, 3.05) is 21.2 Å². The number of hydrogen-bond donors (Lipinski definition) is 0. The molecular formula is C13H16N6O4S2. The summed E-state index contributed by atoms with van der Waals surface area (Å²) in [4.78, 5) is 13.9. The molecule has 0 amide bonds. The highest BCUT2D eigenvalue weighted by Gasteiger charge is 2.20. The molecule has 0 N–H and O–H groups in total. The molecule has 0 aliphatic heterocycles. The van der Waals surface area contributed by atoms with Crippen molar-refractivity contribution in [1.82, 2.24) is 25.1 Å². The molecule has 2 rings (SSSR count). The van der Waals surface area contributed by atoms with Crippen LogP contribution in [0.4, 0.5) is 0 Å². The van der Waals surface area contributed by atoms with Crippen LogP contribution in [0.2, 0.25) is 0 Å². The fourth-order valence-electron chi connectivity index (χ4n) is 1.65. The maximum Gasteiger partial charge on any atom is 0.339 e. The molecule has 12 heteroatoms. The second-order valence-corrected chi connectivity index (χ2v) is 7.64. The maximum absolute atomic E-state index is 12.3. The Hall–Kier alpha value is -2.47. The molecular weight excluding hydrogens is 368 g/mol. The van der Waals surface area contributed by atoms with Crippen molar-refractivity contribution in [2.24, 2.45) is 11.4 Å². The van der Waals surface area contributed by atoms with Gasteiger partial charge >= 0.3 is 5.97 Å². The first-order chi connectivity index (χ1) is 11.7. The Labute approximate surface area is 148 Å². The van der Waals surface area contributed by atoms with Crippen molar-refractivity contribution in [3.05, 3.63) is 23.8 Å². The van der Waals surface area contributed by atoms with Crippen molar-refractivity contribution < 1.29 is 17.9 Å². The van der Waals surface area contributed by atoms with Gasteiger partial charge < -0.3 is 9.64 Å². The molecule has 0 unspecified atom stereocenters. The van der Waals surface area contributed by atoms with Crippen LogP contribution in [-0.4, -0.2) is 67.0 Å². The number of carbonyl (C=O) groups excluding carboxylic acids is 1. The van der Waals surface area contributed by atoms with Gasteiger partial charge in [-0.1, -0.05) is 0 Å². The van der Waals surface area contributed by atoms with E-state index in [2.05, 4.69) is 19.9 Å². The predicted molar refractivity (Wildman–Crippen MR) is 90.1 cm³/mol. The monoisotopic (exact) mass is 384 g/mol. The first-order valence-corrected chi connectivity index (χ1v) is 9.09. The average molecular weight is 384 g/mol. The summed E-state index contributed by atoms with van der Waals surface area (Å²) in [5, 5.41) is 11.5. The van der Waals surface area contributed by atoms with Gasteiger partial charge in [-0.25, -0.2) is 9.48 Å². The molecule has 0 saturated carbocycles. The largest absolute Gasteiger partial charge is 0.465 e. The lowest BCUT2D eigenvalue weighted by atomic mass is 10.2. The summed E-state index contributed by atoms with van der Waals surface area (Å²) in [7, 11) is 2.21. The van der Waals surface area contributed by atoms with Gasteiger partial charge in [0.15, 0.2) is 0 Å². The van der Waals surface area contributed by atoms with Gasteiger partial charge in [0.2, 0.25) is 5.16 Å². The van der Waals surface area contributed by atoms with Crippen molar-refractivity contribution >= 4 is 34.1 Å². The number of aryl methyl sites for hydroxylation is 1. The van der Waals surface area contributed by atoms with Gasteiger partial charge in [0.1, 0.15) is 6.34 Å². The molecule has 0 saturated heterocycles. The highest BCUT2D eigenvalue weighted by molar-refractivity contribution is 7.99. The van der Waals surface area contributed by atoms with Crippen LogP contribution in [0.15, 0.2) is 37.5 Å². The van der Waals surface area contributed by atoms with E-state index >= 15 is 0 Å². The van der Waals surface area contributed by atoms with E-state index < -0.39 is 16.0 Å². The first kappa shape index (κ1) is 18.9. The number of rotatable bonds is 6. The summed E-state index contributed by atoms with van der Waals surface area (Å²) < 4.78 is 34.2. The predicted octanol–water partition coefficient (Wildman–Crippen LogP) is 0.426. The van der Waals surface area contributed by atoms with E-state index in [1.165, 1.54) is 41.2 Å². The van der Waals surface area contributed by atoms with Gasteiger partial charge in [0, 0.05) is 26.0 Å². The van der Waals surface area contributed by atoms with E-state index in [4.69, 9.17) is 4.74 Å². The van der Waals surface area contributed by atoms with Crippen LogP contribution >= 0.6 is 11.8 Å². The fourth-order valence-corrected chi connectivity index (χ4v) is 3.42. The Morgan fingerprint density at radius 1 is 1.40 bits per heavy atom. The number of hydrogen-bond acceptors (Lipinski definition) is 8. The number of carbonyl (C=O) groups is 1. The second kappa shape index (κ2) is 7.61. The molecule has 10 nitrogen and oxygen atoms in total. The van der Waals surface area contributed by atoms with E-state index in [1.807, 2.05) is 0 Å². The van der Waals surface area contributed by atoms with Gasteiger partial charge in [-0.2, -0.15) is 8.42 Å². The van der Waals surface area contributed by atoms with E-state index in [0.717, 1.165) is 11.8 Å². The van der Waals surface area contributed by atoms with Gasteiger partial charge in [-0.3, -0.25) is 0 Å². The minimum absolute atomic E-state index is 0.0802. The Kier molecular flexibility index (Phi) is 5.74. The molecule has 0 fully saturated rings. The van der Waals surface area contributed by atoms with Crippen LogP contribution in [0.1, 0.15) is 10.4 Å². The third-order valence-electron chi connectivity index (χ3n) is 2.85. The molecule has 2 aromatic rings. The van der Waals surface area contributed by atoms with E-state index in [0.29, 0.717) is 10.1 Å². The van der Waals surface area contributed by atoms with E-state index in [-0.39, 0.29) is 10.5 Å². The number of nitrogens with zero attached hydrogens (tertiary/aromatic N) is 6. The lowest BCUT2D eigenvalue weighted by Gasteiger charge is -2.09. The minimum Gasteiger partial charge on any atom is -0.465 e. The Morgan fingerprint density at radius 2 is 2.12 bits per heavy atom. The van der Waals surface area contributed by atoms with Crippen LogP contribution in [0.3, 0.4) is 0 Å². The average Bonchev–Trinajstić information content (AvgIpc) is 2.97. The summed E-state index contributed by atoms with van der Waals surface area (Å²) >= 11 is 1.11. The molecule has 134 valence electrons. The molecule has 0 spiro atoms. The summed E-state index contributed by atoms with van der Waals surface area (Å²) in [5.74, 6) is -0.675. The molecule has 0 bridgehead atoms. The first-order valence-electron chi connectivity index (χ1n) is 6.84. The number of aromatic nitrogens is 4. The van der Waals surface area contributed by atoms with Gasteiger partial charge in [0.25, 0.3) is 10.0 Å². The molecule has 1 aromatic heterocycles. The van der Waals surface area contributed by atoms with E-state index in [9.17, 15) is 13.2 Å². The molecule has 25 heavy (non-hydrogen) atoms. The van der Waals surface area contributed by atoms with Gasteiger partial charge in [-0.05, 0) is 40.4 Å². The lowest BCUT2D eigenvalue weighted by molar-refractivity contribution is 0.0596. The standard InChI is InChI=1S/C13H16N6O4S2/c1-18(2)8-14-25(21,22)9-5-6-11(10(7-9)12(20)23-4)24-13-15-16-17-19(13)3/h5-8H,1-4H3. The van der Waals surface area contributed by atoms with Crippen LogP contribution in [0.25, 0.3) is 0 Å². The van der Waals surface area contributed by atoms with Gasteiger partial charge in [0.05, 0.1) is 17.6 Å². The van der Waals surface area contributed by atoms with Crippen LogP contribution in [-0.2, 0) is 21.8 Å². The topological polar surface area (TPSA) is 120 Å². The fraction of sp³-hybridized carbons (Fsp3) is 0.308. The highest BCUT2D eigenvalue weighted by atomic mass is 32.2. The van der Waals surface area contributed by atoms with Crippen molar-refractivity contribution in [3.8, 4) is 0 Å². The number of methoxy groups -OCH3 is 1. The molecule has 0 aliphatic carbocycles. The number of benzene rings is 1. The minimum atomic E-state index is -3.94. The third-order valence-corrected chi connectivity index (χ3v) is 5.18. The van der Waals surface area contributed by atoms with Crippen molar-refractivity contribution in [3.63, 3.8) is 0 Å². The van der Waals surface area contributed by atoms with Crippen LogP contribution in [0.5, 0.6) is 0 Å². The Morgan fingerprint density at radius 3 is 2.68 bits per heavy atom. The zero-order valence-corrected chi connectivity index (χ0v) is 15.6. The Balaban J connectivity index is 2.47. The molecule has 0 atom stereocenters. The summed E-state index contributed by atoms with van der Waals surface area (Å²) in [6.45, 7) is 0. The van der Waals surface area contributed by atoms with E-state index in [1.54, 1.807) is 21.1 Å². The molecule has 1 heterocycles. The normalized spacial score (nSPS) is 11.7. The zero-order valence-electron chi connectivity index (χ0n) is 13.9. The smallest absolute Gasteiger partial charge is 0.339 e. The second-order valence-electron chi connectivity index (χ2n) is 5.00. The number of esters is 1. The van der Waals surface area contributed by atoms with Crippen LogP contribution < -0.4 is 0 Å². The zero-order chi connectivity index (χ0) is 18.6. The van der Waals surface area contributed by atoms with Crippen molar-refractivity contribution in [2.45, 2.75) is 14.9 Å². The molecule has 0 radical (unpaired) electrons. The molecule has 0 aliphatic rings. The maximum atomic E-state index is 12.3. The van der Waals surface area contributed by atoms with Crippen LogP contribution in [0, 0.1) is 0 Å². The highest BCUT2D eigenvalue weighted by Crippen LogP contribution is 2.31. The van der Waals surface area contributed by atoms with Gasteiger partial charge in [-0.15, -0.1) is 9.50 Å². The summed E-state index contributed by atoms with van der Waals surface area (Å²) in [6, 6.07) is 4.07. The SMILES string of the molecule is COC(=O)c1cc(S(=O)(=O)N=CN(C)C)ccc1Sc1nnnn1C. The summed E-state index contributed by atoms with van der Waals surface area (Å²) in [5.41, 5.74) is 0.0802.